The number of esters is 1. The van der Waals surface area contributed by atoms with Gasteiger partial charge in [-0.05, 0) is 29.0 Å². The molecule has 7 nitrogen and oxygen atoms in total. The topological polar surface area (TPSA) is 104 Å². The Morgan fingerprint density at radius 1 is 1.24 bits per heavy atom. The third kappa shape index (κ3) is 5.91. The molecule has 0 radical (unpaired) electrons. The quantitative estimate of drug-likeness (QED) is 0.617. The van der Waals surface area contributed by atoms with Gasteiger partial charge in [-0.3, -0.25) is 14.0 Å². The van der Waals surface area contributed by atoms with Crippen molar-refractivity contribution < 1.29 is 27.1 Å². The highest BCUT2D eigenvalue weighted by Crippen LogP contribution is 2.30. The number of carbonyl (C=O) groups is 1. The minimum atomic E-state index is -4.67. The molecule has 2 N–H and O–H groups in total. The van der Waals surface area contributed by atoms with Gasteiger partial charge in [-0.2, -0.15) is 8.42 Å². The highest BCUT2D eigenvalue weighted by atomic mass is 32.3. The molecule has 0 saturated heterocycles. The number of ether oxygens (including phenoxy) is 1. The highest BCUT2D eigenvalue weighted by Gasteiger charge is 2.31. The number of rotatable bonds is 3. The van der Waals surface area contributed by atoms with Crippen molar-refractivity contribution in [2.45, 2.75) is 19.0 Å². The maximum absolute atomic E-state index is 12.2. The molecule has 1 aromatic heterocycles. The number of hydrogen-bond acceptors (Lipinski definition) is 6. The third-order valence-corrected chi connectivity index (χ3v) is 4.77. The SMILES string of the molecule is COC(=O)C(c1ccccc1)N1CCc2sccc2C1.O=S(=O)(O)O. The van der Waals surface area contributed by atoms with E-state index in [4.69, 9.17) is 22.3 Å². The van der Waals surface area contributed by atoms with E-state index in [-0.39, 0.29) is 12.0 Å². The van der Waals surface area contributed by atoms with E-state index in [1.54, 1.807) is 11.3 Å². The van der Waals surface area contributed by atoms with Crippen molar-refractivity contribution in [3.8, 4) is 0 Å². The summed E-state index contributed by atoms with van der Waals surface area (Å²) in [6.45, 7) is 1.70. The molecule has 1 aliphatic rings. The summed E-state index contributed by atoms with van der Waals surface area (Å²) in [7, 11) is -3.21. The number of hydrogen-bond donors (Lipinski definition) is 2. The lowest BCUT2D eigenvalue weighted by atomic mass is 10.0. The molecule has 25 heavy (non-hydrogen) atoms. The van der Waals surface area contributed by atoms with E-state index in [0.717, 1.165) is 25.1 Å². The molecule has 0 spiro atoms. The summed E-state index contributed by atoms with van der Waals surface area (Å²) in [6, 6.07) is 11.7. The molecule has 9 heteroatoms. The highest BCUT2D eigenvalue weighted by molar-refractivity contribution is 7.79. The number of methoxy groups -OCH3 is 1. The molecule has 0 fully saturated rings. The molecule has 2 aromatic rings. The van der Waals surface area contributed by atoms with Crippen LogP contribution < -0.4 is 0 Å². The molecule has 0 amide bonds. The summed E-state index contributed by atoms with van der Waals surface area (Å²) in [5.41, 5.74) is 2.34. The monoisotopic (exact) mass is 385 g/mol. The Kier molecular flexibility index (Phi) is 6.68. The average Bonchev–Trinajstić information content (AvgIpc) is 3.02. The number of thiophene rings is 1. The first-order valence-corrected chi connectivity index (χ1v) is 9.69. The second kappa shape index (κ2) is 8.54. The predicted molar refractivity (Wildman–Crippen MR) is 93.8 cm³/mol. The van der Waals surface area contributed by atoms with Crippen LogP contribution in [0.3, 0.4) is 0 Å². The second-order valence-electron chi connectivity index (χ2n) is 5.37. The molecule has 136 valence electrons. The Balaban J connectivity index is 0.000000399. The van der Waals surface area contributed by atoms with Gasteiger partial charge in [0, 0.05) is 18.0 Å². The Labute approximate surface area is 150 Å². The van der Waals surface area contributed by atoms with E-state index in [9.17, 15) is 4.79 Å². The zero-order valence-electron chi connectivity index (χ0n) is 13.5. The van der Waals surface area contributed by atoms with E-state index in [0.29, 0.717) is 0 Å². The van der Waals surface area contributed by atoms with Crippen LogP contribution in [0, 0.1) is 0 Å². The van der Waals surface area contributed by atoms with Crippen LogP contribution in [0.4, 0.5) is 0 Å². The van der Waals surface area contributed by atoms with Gasteiger partial charge in [-0.15, -0.1) is 11.3 Å². The maximum atomic E-state index is 12.2. The summed E-state index contributed by atoms with van der Waals surface area (Å²) >= 11 is 1.81. The molecule has 0 aliphatic carbocycles. The normalized spacial score (nSPS) is 15.5. The molecule has 1 aromatic carbocycles. The zero-order chi connectivity index (χ0) is 18.4. The Morgan fingerprint density at radius 3 is 2.48 bits per heavy atom. The largest absolute Gasteiger partial charge is 0.468 e. The molecule has 0 saturated carbocycles. The van der Waals surface area contributed by atoms with Crippen LogP contribution in [0.2, 0.25) is 0 Å². The number of carbonyl (C=O) groups excluding carboxylic acids is 1. The molecular formula is C16H19NO6S2. The molecular weight excluding hydrogens is 366 g/mol. The first kappa shape index (κ1) is 19.5. The van der Waals surface area contributed by atoms with Gasteiger partial charge in [0.05, 0.1) is 7.11 Å². The first-order valence-electron chi connectivity index (χ1n) is 7.41. The molecule has 1 unspecified atom stereocenters. The summed E-state index contributed by atoms with van der Waals surface area (Å²) in [6.07, 6.45) is 1.01. The van der Waals surface area contributed by atoms with Crippen molar-refractivity contribution in [2.24, 2.45) is 0 Å². The summed E-state index contributed by atoms with van der Waals surface area (Å²) in [4.78, 5) is 15.8. The van der Waals surface area contributed by atoms with Gasteiger partial charge in [-0.25, -0.2) is 4.79 Å². The third-order valence-electron chi connectivity index (χ3n) is 3.74. The van der Waals surface area contributed by atoms with E-state index >= 15 is 0 Å². The van der Waals surface area contributed by atoms with Gasteiger partial charge < -0.3 is 4.74 Å². The van der Waals surface area contributed by atoms with Crippen LogP contribution in [0.25, 0.3) is 0 Å². The zero-order valence-corrected chi connectivity index (χ0v) is 15.2. The van der Waals surface area contributed by atoms with Gasteiger partial charge in [-0.1, -0.05) is 30.3 Å². The van der Waals surface area contributed by atoms with Crippen LogP contribution in [-0.4, -0.2) is 42.0 Å². The molecule has 0 bridgehead atoms. The van der Waals surface area contributed by atoms with Crippen molar-refractivity contribution in [2.75, 3.05) is 13.7 Å². The predicted octanol–water partition coefficient (Wildman–Crippen LogP) is 2.37. The van der Waals surface area contributed by atoms with Gasteiger partial charge in [0.15, 0.2) is 0 Å². The van der Waals surface area contributed by atoms with Crippen molar-refractivity contribution in [3.05, 3.63) is 57.8 Å². The molecule has 1 atom stereocenters. The molecule has 1 aliphatic heterocycles. The summed E-state index contributed by atoms with van der Waals surface area (Å²) in [5.74, 6) is -0.185. The maximum Gasteiger partial charge on any atom is 0.394 e. The van der Waals surface area contributed by atoms with Gasteiger partial charge >= 0.3 is 16.4 Å². The second-order valence-corrected chi connectivity index (χ2v) is 7.27. The lowest BCUT2D eigenvalue weighted by Crippen LogP contribution is -2.38. The fourth-order valence-electron chi connectivity index (χ4n) is 2.73. The van der Waals surface area contributed by atoms with Crippen LogP contribution in [-0.2, 0) is 32.9 Å². The molecule has 2 heterocycles. The smallest absolute Gasteiger partial charge is 0.394 e. The summed E-state index contributed by atoms with van der Waals surface area (Å²) < 4.78 is 36.6. The van der Waals surface area contributed by atoms with E-state index in [1.807, 2.05) is 30.3 Å². The van der Waals surface area contributed by atoms with E-state index in [2.05, 4.69) is 16.3 Å². The van der Waals surface area contributed by atoms with E-state index < -0.39 is 10.4 Å². The number of benzene rings is 1. The summed E-state index contributed by atoms with van der Waals surface area (Å²) in [5, 5.41) is 2.13. The fourth-order valence-corrected chi connectivity index (χ4v) is 3.62. The number of fused-ring (bicyclic) bond motifs is 1. The van der Waals surface area contributed by atoms with Gasteiger partial charge in [0.1, 0.15) is 6.04 Å². The lowest BCUT2D eigenvalue weighted by molar-refractivity contribution is -0.147. The van der Waals surface area contributed by atoms with Gasteiger partial charge in [0.2, 0.25) is 0 Å². The Hall–Kier alpha value is -1.78. The average molecular weight is 385 g/mol. The van der Waals surface area contributed by atoms with Crippen LogP contribution >= 0.6 is 11.3 Å². The lowest BCUT2D eigenvalue weighted by Gasteiger charge is -2.33. The van der Waals surface area contributed by atoms with Crippen molar-refractivity contribution in [1.29, 1.82) is 0 Å². The van der Waals surface area contributed by atoms with Crippen LogP contribution in [0.1, 0.15) is 22.0 Å². The first-order chi connectivity index (χ1) is 11.8. The fraction of sp³-hybridized carbons (Fsp3) is 0.312. The minimum Gasteiger partial charge on any atom is -0.468 e. The Bertz CT molecular complexity index is 795. The minimum absolute atomic E-state index is 0.185. The van der Waals surface area contributed by atoms with Crippen molar-refractivity contribution in [1.82, 2.24) is 4.90 Å². The number of nitrogens with zero attached hydrogens (tertiary/aromatic N) is 1. The Morgan fingerprint density at radius 2 is 1.88 bits per heavy atom. The van der Waals surface area contributed by atoms with Gasteiger partial charge in [0.25, 0.3) is 0 Å². The van der Waals surface area contributed by atoms with Crippen molar-refractivity contribution in [3.63, 3.8) is 0 Å². The standard InChI is InChI=1S/C16H17NO2S.H2O4S/c1-19-16(18)15(12-5-3-2-4-6-12)17-9-7-14-13(11-17)8-10-20-14;1-5(2,3)4/h2-6,8,10,15H,7,9,11H2,1H3;(H2,1,2,3,4). The molecule has 3 rings (SSSR count). The van der Waals surface area contributed by atoms with Crippen LogP contribution in [0.15, 0.2) is 41.8 Å². The van der Waals surface area contributed by atoms with E-state index in [1.165, 1.54) is 17.6 Å². The van der Waals surface area contributed by atoms with Crippen molar-refractivity contribution >= 4 is 27.7 Å². The van der Waals surface area contributed by atoms with Crippen LogP contribution in [0.5, 0.6) is 0 Å².